The number of halogens is 1. The smallest absolute Gasteiger partial charge is 0.343 e. The number of ether oxygens (including phenoxy) is 3. The van der Waals surface area contributed by atoms with E-state index in [1.165, 1.54) is 24.3 Å². The summed E-state index contributed by atoms with van der Waals surface area (Å²) < 4.78 is 29.0. The molecule has 34 heavy (non-hydrogen) atoms. The summed E-state index contributed by atoms with van der Waals surface area (Å²) >= 11 is 0.704. The highest BCUT2D eigenvalue weighted by Crippen LogP contribution is 2.35. The molecule has 0 bridgehead atoms. The zero-order valence-corrected chi connectivity index (χ0v) is 19.5. The largest absolute Gasteiger partial charge is 0.490 e. The van der Waals surface area contributed by atoms with Crippen molar-refractivity contribution in [2.45, 2.75) is 26.9 Å². The molecule has 0 radical (unpaired) electrons. The van der Waals surface area contributed by atoms with Crippen molar-refractivity contribution >= 4 is 40.9 Å². The van der Waals surface area contributed by atoms with E-state index in [0.717, 1.165) is 17.0 Å². The van der Waals surface area contributed by atoms with E-state index in [0.29, 0.717) is 17.3 Å². The van der Waals surface area contributed by atoms with Gasteiger partial charge in [-0.25, -0.2) is 9.18 Å². The average Bonchev–Trinajstić information content (AvgIpc) is 3.03. The van der Waals surface area contributed by atoms with Gasteiger partial charge in [0.1, 0.15) is 12.4 Å². The number of hydrogen-bond donors (Lipinski definition) is 0. The molecule has 3 rings (SSSR count). The average molecular weight is 488 g/mol. The number of rotatable bonds is 8. The Bertz CT molecular complexity index is 1140. The van der Waals surface area contributed by atoms with Gasteiger partial charge in [-0.2, -0.15) is 0 Å². The molecular weight excluding hydrogens is 465 g/mol. The zero-order chi connectivity index (χ0) is 24.8. The number of esters is 2. The van der Waals surface area contributed by atoms with Gasteiger partial charge < -0.3 is 14.2 Å². The van der Waals surface area contributed by atoms with Crippen LogP contribution in [0.5, 0.6) is 11.5 Å². The second kappa shape index (κ2) is 11.0. The number of amides is 2. The summed E-state index contributed by atoms with van der Waals surface area (Å²) in [5.41, 5.74) is 0.679. The van der Waals surface area contributed by atoms with Crippen LogP contribution >= 0.6 is 11.8 Å². The van der Waals surface area contributed by atoms with Gasteiger partial charge in [-0.15, -0.1) is 0 Å². The maximum Gasteiger partial charge on any atom is 0.343 e. The highest BCUT2D eigenvalue weighted by atomic mass is 32.2. The Morgan fingerprint density at radius 2 is 1.79 bits per heavy atom. The van der Waals surface area contributed by atoms with Gasteiger partial charge in [0.05, 0.1) is 23.2 Å². The van der Waals surface area contributed by atoms with Crippen molar-refractivity contribution < 1.29 is 37.8 Å². The van der Waals surface area contributed by atoms with Gasteiger partial charge in [-0.05, 0) is 80.6 Å². The summed E-state index contributed by atoms with van der Waals surface area (Å²) in [4.78, 5) is 50.0. The van der Waals surface area contributed by atoms with E-state index < -0.39 is 35.4 Å². The van der Waals surface area contributed by atoms with Crippen LogP contribution < -0.4 is 9.47 Å². The van der Waals surface area contributed by atoms with Crippen LogP contribution in [-0.4, -0.2) is 47.2 Å². The van der Waals surface area contributed by atoms with Crippen molar-refractivity contribution in [3.63, 3.8) is 0 Å². The molecule has 8 nitrogen and oxygen atoms in total. The molecule has 2 amide bonds. The number of benzene rings is 2. The number of hydrogen-bond acceptors (Lipinski definition) is 8. The second-order valence-electron chi connectivity index (χ2n) is 7.34. The predicted molar refractivity (Wildman–Crippen MR) is 123 cm³/mol. The lowest BCUT2D eigenvalue weighted by molar-refractivity contribution is -0.149. The van der Waals surface area contributed by atoms with Crippen LogP contribution in [0.25, 0.3) is 6.08 Å². The lowest BCUT2D eigenvalue weighted by atomic mass is 10.1. The molecule has 0 N–H and O–H groups in total. The summed E-state index contributed by atoms with van der Waals surface area (Å²) in [6.45, 7) is 4.89. The zero-order valence-electron chi connectivity index (χ0n) is 18.7. The third-order valence-electron chi connectivity index (χ3n) is 4.38. The van der Waals surface area contributed by atoms with E-state index >= 15 is 0 Å². The molecule has 1 aliphatic heterocycles. The topological polar surface area (TPSA) is 99.2 Å². The SMILES string of the molecule is CCOc1cc(/C=C2\SC(=O)N(CC(=O)OC(C)C)C2=O)ccc1OC(=O)c1ccc(F)cc1. The molecule has 1 heterocycles. The maximum absolute atomic E-state index is 13.1. The Kier molecular flexibility index (Phi) is 8.06. The molecule has 0 unspecified atom stereocenters. The summed E-state index contributed by atoms with van der Waals surface area (Å²) in [7, 11) is 0. The Morgan fingerprint density at radius 1 is 1.09 bits per heavy atom. The molecule has 2 aromatic carbocycles. The van der Waals surface area contributed by atoms with Crippen molar-refractivity contribution in [2.24, 2.45) is 0 Å². The van der Waals surface area contributed by atoms with Gasteiger partial charge >= 0.3 is 11.9 Å². The minimum atomic E-state index is -0.692. The normalized spacial score (nSPS) is 14.6. The fraction of sp³-hybridized carbons (Fsp3) is 0.250. The van der Waals surface area contributed by atoms with E-state index in [2.05, 4.69) is 0 Å². The number of nitrogens with zero attached hydrogens (tertiary/aromatic N) is 1. The Hall–Kier alpha value is -3.66. The van der Waals surface area contributed by atoms with E-state index in [9.17, 15) is 23.6 Å². The van der Waals surface area contributed by atoms with Gasteiger partial charge in [0.2, 0.25) is 0 Å². The van der Waals surface area contributed by atoms with Crippen molar-refractivity contribution in [3.8, 4) is 11.5 Å². The van der Waals surface area contributed by atoms with Gasteiger partial charge in [0.15, 0.2) is 11.5 Å². The summed E-state index contributed by atoms with van der Waals surface area (Å²) in [6.07, 6.45) is 1.11. The molecule has 0 spiro atoms. The van der Waals surface area contributed by atoms with Crippen LogP contribution in [0.4, 0.5) is 9.18 Å². The van der Waals surface area contributed by atoms with Gasteiger partial charge in [0, 0.05) is 0 Å². The van der Waals surface area contributed by atoms with E-state index in [-0.39, 0.29) is 34.7 Å². The third-order valence-corrected chi connectivity index (χ3v) is 5.28. The Morgan fingerprint density at radius 3 is 2.44 bits per heavy atom. The molecule has 2 aromatic rings. The summed E-state index contributed by atoms with van der Waals surface area (Å²) in [6, 6.07) is 9.54. The van der Waals surface area contributed by atoms with E-state index in [4.69, 9.17) is 14.2 Å². The number of imide groups is 1. The lowest BCUT2D eigenvalue weighted by Crippen LogP contribution is -2.35. The van der Waals surface area contributed by atoms with Gasteiger partial charge in [0.25, 0.3) is 11.1 Å². The first kappa shape index (κ1) is 25.0. The number of carbonyl (C=O) groups is 4. The highest BCUT2D eigenvalue weighted by Gasteiger charge is 2.36. The Labute approximate surface area is 199 Å². The standard InChI is InChI=1S/C24H22FNO7S/c1-4-31-19-11-15(5-10-18(19)33-23(29)16-6-8-17(25)9-7-16)12-20-22(28)26(24(30)34-20)13-21(27)32-14(2)3/h5-12,14H,4,13H2,1-3H3/b20-12-. The molecule has 0 atom stereocenters. The first-order valence-electron chi connectivity index (χ1n) is 10.4. The van der Waals surface area contributed by atoms with E-state index in [1.807, 2.05) is 0 Å². The fourth-order valence-electron chi connectivity index (χ4n) is 2.93. The molecule has 1 fully saturated rings. The fourth-order valence-corrected chi connectivity index (χ4v) is 3.77. The van der Waals surface area contributed by atoms with Crippen LogP contribution in [0.3, 0.4) is 0 Å². The summed E-state index contributed by atoms with van der Waals surface area (Å²) in [5.74, 6) is -2.07. The number of thioether (sulfide) groups is 1. The monoisotopic (exact) mass is 487 g/mol. The third kappa shape index (κ3) is 6.22. The maximum atomic E-state index is 13.1. The molecule has 1 aliphatic rings. The van der Waals surface area contributed by atoms with Crippen LogP contribution in [0.1, 0.15) is 36.7 Å². The molecule has 0 aromatic heterocycles. The molecule has 1 saturated heterocycles. The molecule has 0 aliphatic carbocycles. The van der Waals surface area contributed by atoms with Gasteiger partial charge in [-0.3, -0.25) is 19.3 Å². The van der Waals surface area contributed by atoms with Crippen LogP contribution in [0, 0.1) is 5.82 Å². The summed E-state index contributed by atoms with van der Waals surface area (Å²) in [5, 5.41) is -0.577. The first-order valence-corrected chi connectivity index (χ1v) is 11.2. The molecular formula is C24H22FNO7S. The van der Waals surface area contributed by atoms with Gasteiger partial charge in [-0.1, -0.05) is 6.07 Å². The predicted octanol–water partition coefficient (Wildman–Crippen LogP) is 4.43. The van der Waals surface area contributed by atoms with Crippen LogP contribution in [-0.2, 0) is 14.3 Å². The van der Waals surface area contributed by atoms with Crippen molar-refractivity contribution in [1.82, 2.24) is 4.90 Å². The van der Waals surface area contributed by atoms with Crippen LogP contribution in [0.2, 0.25) is 0 Å². The molecule has 0 saturated carbocycles. The molecule has 178 valence electrons. The number of carbonyl (C=O) groups excluding carboxylic acids is 4. The highest BCUT2D eigenvalue weighted by molar-refractivity contribution is 8.18. The lowest BCUT2D eigenvalue weighted by Gasteiger charge is -2.13. The van der Waals surface area contributed by atoms with Crippen molar-refractivity contribution in [2.75, 3.05) is 13.2 Å². The van der Waals surface area contributed by atoms with Crippen LogP contribution in [0.15, 0.2) is 47.4 Å². The quantitative estimate of drug-likeness (QED) is 0.306. The Balaban J connectivity index is 1.78. The minimum absolute atomic E-state index is 0.126. The van der Waals surface area contributed by atoms with E-state index in [1.54, 1.807) is 32.9 Å². The minimum Gasteiger partial charge on any atom is -0.490 e. The first-order chi connectivity index (χ1) is 16.2. The van der Waals surface area contributed by atoms with Crippen molar-refractivity contribution in [3.05, 3.63) is 64.3 Å². The second-order valence-corrected chi connectivity index (χ2v) is 8.34. The molecule has 10 heteroatoms. The van der Waals surface area contributed by atoms with Crippen molar-refractivity contribution in [1.29, 1.82) is 0 Å².